The van der Waals surface area contributed by atoms with E-state index in [1.54, 1.807) is 36.1 Å². The number of aliphatic imine (C=N–C) groups is 1. The fourth-order valence-electron chi connectivity index (χ4n) is 2.61. The Balaban J connectivity index is 0.00000109. The number of rotatable bonds is 2. The van der Waals surface area contributed by atoms with E-state index in [2.05, 4.69) is 16.2 Å². The Labute approximate surface area is 147 Å². The molecule has 0 bridgehead atoms. The summed E-state index contributed by atoms with van der Waals surface area (Å²) in [5.74, 6) is -0.172. The normalized spacial score (nSPS) is 19.6. The van der Waals surface area contributed by atoms with Crippen LogP contribution in [0.5, 0.6) is 0 Å². The van der Waals surface area contributed by atoms with Gasteiger partial charge in [-0.2, -0.15) is 10.4 Å². The number of hydrogen-bond acceptors (Lipinski definition) is 5. The van der Waals surface area contributed by atoms with Gasteiger partial charge in [0.15, 0.2) is 5.96 Å². The summed E-state index contributed by atoms with van der Waals surface area (Å²) in [6.07, 6.45) is 3.49. The van der Waals surface area contributed by atoms with Gasteiger partial charge in [-0.15, -0.1) is 0 Å². The molecule has 130 valence electrons. The standard InChI is InChI=1S/C16H16N6O.C2H6/c1-10-14(20-16(18)21(2)15(10)23)12-8-19-22(9-12)13-5-3-4-11(6-13)7-17;1-2/h3-6,8-10,14H,1-2H3,(H2,18,20);1-2H3. The number of amides is 1. The monoisotopic (exact) mass is 338 g/mol. The minimum Gasteiger partial charge on any atom is -0.369 e. The Kier molecular flexibility index (Phi) is 5.55. The molecule has 2 unspecified atom stereocenters. The van der Waals surface area contributed by atoms with Crippen LogP contribution in [0.25, 0.3) is 5.69 Å². The number of guanidine groups is 1. The zero-order valence-electron chi connectivity index (χ0n) is 14.8. The van der Waals surface area contributed by atoms with Crippen LogP contribution < -0.4 is 5.73 Å². The molecule has 1 amide bonds. The van der Waals surface area contributed by atoms with Crippen molar-refractivity contribution in [3.63, 3.8) is 0 Å². The molecule has 1 aliphatic rings. The van der Waals surface area contributed by atoms with E-state index < -0.39 is 0 Å². The number of nitrogens with two attached hydrogens (primary N) is 1. The molecule has 7 nitrogen and oxygen atoms in total. The van der Waals surface area contributed by atoms with Crippen LogP contribution in [0, 0.1) is 17.2 Å². The number of carbonyl (C=O) groups excluding carboxylic acids is 1. The van der Waals surface area contributed by atoms with Crippen molar-refractivity contribution in [2.24, 2.45) is 16.6 Å². The summed E-state index contributed by atoms with van der Waals surface area (Å²) in [6, 6.07) is 8.88. The molecular formula is C18H22N6O. The summed E-state index contributed by atoms with van der Waals surface area (Å²) in [4.78, 5) is 17.9. The van der Waals surface area contributed by atoms with Gasteiger partial charge in [-0.3, -0.25) is 9.69 Å². The van der Waals surface area contributed by atoms with Gasteiger partial charge in [-0.1, -0.05) is 26.8 Å². The number of nitrogens with zero attached hydrogens (tertiary/aromatic N) is 5. The van der Waals surface area contributed by atoms with Crippen LogP contribution in [-0.2, 0) is 4.79 Å². The first-order chi connectivity index (χ1) is 12.0. The van der Waals surface area contributed by atoms with Crippen molar-refractivity contribution in [1.82, 2.24) is 14.7 Å². The van der Waals surface area contributed by atoms with Crippen molar-refractivity contribution in [2.45, 2.75) is 26.8 Å². The fraction of sp³-hybridized carbons (Fsp3) is 0.333. The number of benzene rings is 1. The predicted molar refractivity (Wildman–Crippen MR) is 95.9 cm³/mol. The quantitative estimate of drug-likeness (QED) is 0.907. The molecule has 2 atom stereocenters. The molecule has 0 fully saturated rings. The Bertz CT molecular complexity index is 832. The molecule has 7 heteroatoms. The average molecular weight is 338 g/mol. The van der Waals surface area contributed by atoms with E-state index in [0.29, 0.717) is 5.56 Å². The molecule has 1 aromatic heterocycles. The lowest BCUT2D eigenvalue weighted by Gasteiger charge is -2.30. The molecule has 3 rings (SSSR count). The first kappa shape index (κ1) is 18.2. The van der Waals surface area contributed by atoms with Gasteiger partial charge in [-0.05, 0) is 18.2 Å². The van der Waals surface area contributed by atoms with E-state index in [-0.39, 0.29) is 23.8 Å². The molecule has 1 aliphatic heterocycles. The van der Waals surface area contributed by atoms with E-state index in [4.69, 9.17) is 11.0 Å². The van der Waals surface area contributed by atoms with Crippen molar-refractivity contribution in [1.29, 1.82) is 5.26 Å². The molecule has 0 aliphatic carbocycles. The number of carbonyl (C=O) groups is 1. The smallest absolute Gasteiger partial charge is 0.234 e. The van der Waals surface area contributed by atoms with Gasteiger partial charge in [0.1, 0.15) is 0 Å². The summed E-state index contributed by atoms with van der Waals surface area (Å²) < 4.78 is 1.66. The minimum atomic E-state index is -0.355. The Hall–Kier alpha value is -3.14. The van der Waals surface area contributed by atoms with E-state index >= 15 is 0 Å². The van der Waals surface area contributed by atoms with Gasteiger partial charge in [0, 0.05) is 18.8 Å². The first-order valence-corrected chi connectivity index (χ1v) is 8.17. The number of hydrogen-bond donors (Lipinski definition) is 1. The van der Waals surface area contributed by atoms with Gasteiger partial charge >= 0.3 is 0 Å². The van der Waals surface area contributed by atoms with E-state index in [1.807, 2.05) is 33.0 Å². The predicted octanol–water partition coefficient (Wildman–Crippen LogP) is 2.23. The van der Waals surface area contributed by atoms with Crippen molar-refractivity contribution in [3.8, 4) is 11.8 Å². The summed E-state index contributed by atoms with van der Waals surface area (Å²) in [6.45, 7) is 5.83. The summed E-state index contributed by atoms with van der Waals surface area (Å²) >= 11 is 0. The highest BCUT2D eigenvalue weighted by Crippen LogP contribution is 2.30. The van der Waals surface area contributed by atoms with Gasteiger partial charge in [0.05, 0.1) is 35.5 Å². The van der Waals surface area contributed by atoms with Gasteiger partial charge in [-0.25, -0.2) is 9.67 Å². The van der Waals surface area contributed by atoms with E-state index in [9.17, 15) is 4.79 Å². The maximum absolute atomic E-state index is 12.2. The van der Waals surface area contributed by atoms with Crippen LogP contribution in [0.15, 0.2) is 41.7 Å². The third kappa shape index (κ3) is 3.53. The fourth-order valence-corrected chi connectivity index (χ4v) is 2.61. The van der Waals surface area contributed by atoms with Crippen LogP contribution in [0.3, 0.4) is 0 Å². The Morgan fingerprint density at radius 1 is 1.32 bits per heavy atom. The number of aromatic nitrogens is 2. The van der Waals surface area contributed by atoms with Crippen molar-refractivity contribution in [3.05, 3.63) is 47.8 Å². The average Bonchev–Trinajstić information content (AvgIpc) is 3.14. The third-order valence-corrected chi connectivity index (χ3v) is 3.99. The lowest BCUT2D eigenvalue weighted by atomic mass is 9.95. The molecule has 2 aromatic rings. The molecule has 1 aromatic carbocycles. The zero-order chi connectivity index (χ0) is 18.6. The lowest BCUT2D eigenvalue weighted by molar-refractivity contribution is -0.131. The Morgan fingerprint density at radius 3 is 2.72 bits per heavy atom. The summed E-state index contributed by atoms with van der Waals surface area (Å²) in [5.41, 5.74) is 7.95. The zero-order valence-corrected chi connectivity index (χ0v) is 14.8. The second-order valence-electron chi connectivity index (χ2n) is 5.50. The van der Waals surface area contributed by atoms with Crippen LogP contribution in [0.2, 0.25) is 0 Å². The molecule has 0 spiro atoms. The minimum absolute atomic E-state index is 0.0678. The topological polar surface area (TPSA) is 100 Å². The van der Waals surface area contributed by atoms with Crippen LogP contribution >= 0.6 is 0 Å². The maximum atomic E-state index is 12.2. The molecule has 2 N–H and O–H groups in total. The van der Waals surface area contributed by atoms with Crippen molar-refractivity contribution in [2.75, 3.05) is 7.05 Å². The number of nitriles is 1. The van der Waals surface area contributed by atoms with Gasteiger partial charge < -0.3 is 5.73 Å². The molecule has 0 radical (unpaired) electrons. The molecule has 25 heavy (non-hydrogen) atoms. The highest BCUT2D eigenvalue weighted by atomic mass is 16.2. The lowest BCUT2D eigenvalue weighted by Crippen LogP contribution is -2.46. The highest BCUT2D eigenvalue weighted by Gasteiger charge is 2.34. The first-order valence-electron chi connectivity index (χ1n) is 8.17. The van der Waals surface area contributed by atoms with Gasteiger partial charge in [0.2, 0.25) is 5.91 Å². The third-order valence-electron chi connectivity index (χ3n) is 3.99. The van der Waals surface area contributed by atoms with Crippen LogP contribution in [0.4, 0.5) is 0 Å². The highest BCUT2D eigenvalue weighted by molar-refractivity contribution is 5.99. The SMILES string of the molecule is CC.CC1C(=O)N(C)C(N)=NC1c1cnn(-c2cccc(C#N)c2)c1. The summed E-state index contributed by atoms with van der Waals surface area (Å²) in [5, 5.41) is 13.3. The van der Waals surface area contributed by atoms with Crippen LogP contribution in [0.1, 0.15) is 37.9 Å². The molecular weight excluding hydrogens is 316 g/mol. The molecule has 0 saturated heterocycles. The van der Waals surface area contributed by atoms with Crippen LogP contribution in [-0.4, -0.2) is 33.6 Å². The largest absolute Gasteiger partial charge is 0.369 e. The molecule has 0 saturated carbocycles. The van der Waals surface area contributed by atoms with E-state index in [0.717, 1.165) is 11.3 Å². The molecule has 2 heterocycles. The second kappa shape index (κ2) is 7.62. The van der Waals surface area contributed by atoms with Crippen molar-refractivity contribution < 1.29 is 4.79 Å². The van der Waals surface area contributed by atoms with Gasteiger partial charge in [0.25, 0.3) is 0 Å². The van der Waals surface area contributed by atoms with E-state index in [1.165, 1.54) is 4.90 Å². The van der Waals surface area contributed by atoms with Crippen molar-refractivity contribution >= 4 is 11.9 Å². The maximum Gasteiger partial charge on any atom is 0.234 e. The second-order valence-corrected chi connectivity index (χ2v) is 5.50. The summed E-state index contributed by atoms with van der Waals surface area (Å²) in [7, 11) is 1.62. The Morgan fingerprint density at radius 2 is 2.04 bits per heavy atom.